The van der Waals surface area contributed by atoms with Crippen molar-refractivity contribution >= 4 is 11.6 Å². The van der Waals surface area contributed by atoms with E-state index in [1.54, 1.807) is 6.92 Å². The molecular weight excluding hydrogens is 326 g/mol. The number of piperidine rings is 1. The van der Waals surface area contributed by atoms with Gasteiger partial charge in [-0.2, -0.15) is 5.06 Å². The highest BCUT2D eigenvalue weighted by Crippen LogP contribution is 2.45. The van der Waals surface area contributed by atoms with Crippen LogP contribution in [0.4, 0.5) is 0 Å². The molecule has 4 nitrogen and oxygen atoms in total. The van der Waals surface area contributed by atoms with E-state index in [-0.39, 0.29) is 28.9 Å². The van der Waals surface area contributed by atoms with E-state index < -0.39 is 0 Å². The third-order valence-corrected chi connectivity index (χ3v) is 6.45. The molecule has 0 aliphatic carbocycles. The van der Waals surface area contributed by atoms with Crippen LogP contribution >= 0.6 is 0 Å². The van der Waals surface area contributed by atoms with Gasteiger partial charge in [0.1, 0.15) is 11.9 Å². The Bertz CT molecular complexity index is 668. The molecule has 1 aromatic rings. The second-order valence-electron chi connectivity index (χ2n) is 8.15. The Balaban J connectivity index is 2.33. The first-order chi connectivity index (χ1) is 12.1. The maximum Gasteiger partial charge on any atom is 0.159 e. The minimum absolute atomic E-state index is 0.0607. The number of ketones is 2. The first-order valence-corrected chi connectivity index (χ1v) is 9.69. The van der Waals surface area contributed by atoms with Crippen LogP contribution in [0.5, 0.6) is 0 Å². The van der Waals surface area contributed by atoms with Crippen molar-refractivity contribution in [2.75, 3.05) is 0 Å². The molecule has 0 saturated carbocycles. The van der Waals surface area contributed by atoms with Gasteiger partial charge >= 0.3 is 0 Å². The van der Waals surface area contributed by atoms with Gasteiger partial charge in [0, 0.05) is 17.9 Å². The van der Waals surface area contributed by atoms with Gasteiger partial charge < -0.3 is 0 Å². The summed E-state index contributed by atoms with van der Waals surface area (Å²) in [5.41, 5.74) is 1.07. The fraction of sp³-hybridized carbons (Fsp3) is 0.636. The molecule has 0 N–H and O–H groups in total. The maximum absolute atomic E-state index is 12.6. The van der Waals surface area contributed by atoms with Crippen molar-refractivity contribution in [2.24, 2.45) is 5.92 Å². The third kappa shape index (κ3) is 3.63. The van der Waals surface area contributed by atoms with Crippen molar-refractivity contribution in [1.29, 1.82) is 0 Å². The Morgan fingerprint density at radius 3 is 2.27 bits per heavy atom. The Kier molecular flexibility index (Phi) is 6.09. The molecule has 4 atom stereocenters. The topological polar surface area (TPSA) is 46.6 Å². The molecule has 0 bridgehead atoms. The average molecular weight is 360 g/mol. The number of benzene rings is 1. The zero-order valence-electron chi connectivity index (χ0n) is 17.3. The van der Waals surface area contributed by atoms with Gasteiger partial charge in [-0.1, -0.05) is 45.0 Å². The molecule has 4 heteroatoms. The third-order valence-electron chi connectivity index (χ3n) is 6.45. The number of hydroxylamine groups is 2. The lowest BCUT2D eigenvalue weighted by Gasteiger charge is -2.56. The van der Waals surface area contributed by atoms with Crippen LogP contribution in [0.2, 0.25) is 0 Å². The maximum atomic E-state index is 12.6. The molecule has 1 saturated heterocycles. The normalized spacial score (nSPS) is 31.0. The SMILES string of the molecule is CCC1(C)CC(=O)C(C)C(C)(CC)N1OC(C)c1ccc(C(C)=O)cc1. The summed E-state index contributed by atoms with van der Waals surface area (Å²) in [7, 11) is 0. The zero-order valence-corrected chi connectivity index (χ0v) is 17.3. The lowest BCUT2D eigenvalue weighted by Crippen LogP contribution is -2.66. The van der Waals surface area contributed by atoms with E-state index in [2.05, 4.69) is 32.8 Å². The molecule has 1 heterocycles. The monoisotopic (exact) mass is 359 g/mol. The minimum Gasteiger partial charge on any atom is -0.299 e. The first-order valence-electron chi connectivity index (χ1n) is 9.69. The fourth-order valence-electron chi connectivity index (χ4n) is 3.91. The van der Waals surface area contributed by atoms with Gasteiger partial charge in [0.25, 0.3) is 0 Å². The second-order valence-corrected chi connectivity index (χ2v) is 8.15. The van der Waals surface area contributed by atoms with Gasteiger partial charge in [0.15, 0.2) is 5.78 Å². The number of carbonyl (C=O) groups excluding carboxylic acids is 2. The van der Waals surface area contributed by atoms with Crippen LogP contribution in [-0.2, 0) is 9.63 Å². The minimum atomic E-state index is -0.340. The van der Waals surface area contributed by atoms with Crippen molar-refractivity contribution in [2.45, 2.75) is 84.9 Å². The van der Waals surface area contributed by atoms with E-state index in [1.807, 2.05) is 38.1 Å². The van der Waals surface area contributed by atoms with Crippen molar-refractivity contribution in [3.8, 4) is 0 Å². The molecule has 1 fully saturated rings. The van der Waals surface area contributed by atoms with Crippen LogP contribution in [0, 0.1) is 5.92 Å². The van der Waals surface area contributed by atoms with Crippen molar-refractivity contribution < 1.29 is 14.4 Å². The second kappa shape index (κ2) is 7.61. The lowest BCUT2D eigenvalue weighted by molar-refractivity contribution is -0.315. The quantitative estimate of drug-likeness (QED) is 0.661. The highest BCUT2D eigenvalue weighted by atomic mass is 16.7. The number of rotatable bonds is 6. The number of Topliss-reactive ketones (excluding diaryl/α,β-unsaturated/α-hetero) is 2. The zero-order chi connectivity index (χ0) is 19.7. The highest BCUT2D eigenvalue weighted by molar-refractivity contribution is 5.94. The van der Waals surface area contributed by atoms with E-state index in [0.29, 0.717) is 17.8 Å². The number of carbonyl (C=O) groups is 2. The van der Waals surface area contributed by atoms with Gasteiger partial charge in [-0.25, -0.2) is 0 Å². The van der Waals surface area contributed by atoms with E-state index in [4.69, 9.17) is 4.84 Å². The standard InChI is InChI=1S/C22H33NO3/c1-8-21(6)14-20(25)15(3)22(7,9-2)23(21)26-17(5)19-12-10-18(11-13-19)16(4)24/h10-13,15,17H,8-9,14H2,1-7H3. The summed E-state index contributed by atoms with van der Waals surface area (Å²) in [5.74, 6) is 0.307. The highest BCUT2D eigenvalue weighted by Gasteiger charge is 2.54. The molecule has 0 aromatic heterocycles. The fourth-order valence-corrected chi connectivity index (χ4v) is 3.91. The molecule has 0 radical (unpaired) electrons. The Morgan fingerprint density at radius 1 is 1.23 bits per heavy atom. The van der Waals surface area contributed by atoms with E-state index in [1.165, 1.54) is 0 Å². The van der Waals surface area contributed by atoms with Crippen LogP contribution in [0.1, 0.15) is 89.8 Å². The van der Waals surface area contributed by atoms with Crippen LogP contribution in [0.25, 0.3) is 0 Å². The molecule has 1 aliphatic heterocycles. The summed E-state index contributed by atoms with van der Waals surface area (Å²) in [6.07, 6.45) is 2.03. The Labute approximate surface area is 157 Å². The predicted octanol–water partition coefficient (Wildman–Crippen LogP) is 5.13. The van der Waals surface area contributed by atoms with Crippen LogP contribution in [0.3, 0.4) is 0 Å². The largest absolute Gasteiger partial charge is 0.299 e. The van der Waals surface area contributed by atoms with Crippen LogP contribution in [-0.4, -0.2) is 27.7 Å². The summed E-state index contributed by atoms with van der Waals surface area (Å²) in [4.78, 5) is 30.6. The molecule has 1 aliphatic rings. The molecule has 0 spiro atoms. The van der Waals surface area contributed by atoms with Crippen molar-refractivity contribution in [3.05, 3.63) is 35.4 Å². The average Bonchev–Trinajstić information content (AvgIpc) is 2.63. The van der Waals surface area contributed by atoms with E-state index in [0.717, 1.165) is 18.4 Å². The van der Waals surface area contributed by atoms with Gasteiger partial charge in [0.05, 0.1) is 11.1 Å². The first kappa shape index (κ1) is 20.8. The van der Waals surface area contributed by atoms with Gasteiger partial charge in [0.2, 0.25) is 0 Å². The molecular formula is C22H33NO3. The molecule has 4 unspecified atom stereocenters. The van der Waals surface area contributed by atoms with Crippen LogP contribution < -0.4 is 0 Å². The molecule has 144 valence electrons. The summed E-state index contributed by atoms with van der Waals surface area (Å²) < 4.78 is 0. The molecule has 26 heavy (non-hydrogen) atoms. The van der Waals surface area contributed by atoms with Gasteiger partial charge in [-0.15, -0.1) is 0 Å². The van der Waals surface area contributed by atoms with Gasteiger partial charge in [-0.3, -0.25) is 14.4 Å². The van der Waals surface area contributed by atoms with Crippen molar-refractivity contribution in [1.82, 2.24) is 5.06 Å². The summed E-state index contributed by atoms with van der Waals surface area (Å²) >= 11 is 0. The number of nitrogens with zero attached hydrogens (tertiary/aromatic N) is 1. The lowest BCUT2D eigenvalue weighted by atomic mass is 9.70. The Morgan fingerprint density at radius 2 is 1.81 bits per heavy atom. The summed E-state index contributed by atoms with van der Waals surface area (Å²) in [5, 5.41) is 2.11. The number of hydrogen-bond acceptors (Lipinski definition) is 4. The van der Waals surface area contributed by atoms with Crippen LogP contribution in [0.15, 0.2) is 24.3 Å². The smallest absolute Gasteiger partial charge is 0.159 e. The number of hydrogen-bond donors (Lipinski definition) is 0. The Hall–Kier alpha value is -1.52. The van der Waals surface area contributed by atoms with E-state index >= 15 is 0 Å². The summed E-state index contributed by atoms with van der Waals surface area (Å²) in [6, 6.07) is 7.59. The van der Waals surface area contributed by atoms with Crippen molar-refractivity contribution in [3.63, 3.8) is 0 Å². The molecule has 0 amide bonds. The molecule has 2 rings (SSSR count). The van der Waals surface area contributed by atoms with Gasteiger partial charge in [-0.05, 0) is 46.1 Å². The predicted molar refractivity (Wildman–Crippen MR) is 104 cm³/mol. The summed E-state index contributed by atoms with van der Waals surface area (Å²) in [6.45, 7) is 14.1. The van der Waals surface area contributed by atoms with E-state index in [9.17, 15) is 9.59 Å². The molecule has 1 aromatic carbocycles.